The van der Waals surface area contributed by atoms with Gasteiger partial charge in [0.1, 0.15) is 0 Å². The summed E-state index contributed by atoms with van der Waals surface area (Å²) in [6.07, 6.45) is 0. The van der Waals surface area contributed by atoms with Gasteiger partial charge in [-0.2, -0.15) is 0 Å². The van der Waals surface area contributed by atoms with Crippen LogP contribution in [0.5, 0.6) is 0 Å². The van der Waals surface area contributed by atoms with Gasteiger partial charge in [-0.3, -0.25) is 9.52 Å². The van der Waals surface area contributed by atoms with Gasteiger partial charge in [0.05, 0.1) is 27.2 Å². The summed E-state index contributed by atoms with van der Waals surface area (Å²) < 4.78 is 27.5. The van der Waals surface area contributed by atoms with Crippen LogP contribution in [0, 0.1) is 0 Å². The highest BCUT2D eigenvalue weighted by Gasteiger charge is 2.18. The third kappa shape index (κ3) is 5.69. The molecule has 7 heteroatoms. The topological polar surface area (TPSA) is 75.3 Å². The fourth-order valence-corrected chi connectivity index (χ4v) is 4.54. The smallest absolute Gasteiger partial charge is 0.261 e. The molecule has 3 aromatic carbocycles. The molecule has 0 aliphatic heterocycles. The maximum atomic E-state index is 12.8. The Morgan fingerprint density at radius 3 is 2.12 bits per heavy atom. The van der Waals surface area contributed by atoms with Crippen molar-refractivity contribution in [1.29, 1.82) is 0 Å². The van der Waals surface area contributed by atoms with Crippen LogP contribution in [0.2, 0.25) is 5.02 Å². The Balaban J connectivity index is 1.71. The Hall–Kier alpha value is -2.83. The summed E-state index contributed by atoms with van der Waals surface area (Å²) in [5.41, 5.74) is 2.81. The molecule has 2 N–H and O–H groups in total. The summed E-state index contributed by atoms with van der Waals surface area (Å²) in [5, 5.41) is 3.10. The van der Waals surface area contributed by atoms with Crippen molar-refractivity contribution in [3.8, 4) is 0 Å². The Kier molecular flexibility index (Phi) is 6.96. The van der Waals surface area contributed by atoms with Crippen LogP contribution in [-0.2, 0) is 15.4 Å². The van der Waals surface area contributed by atoms with E-state index in [1.165, 1.54) is 35.9 Å². The number of amides is 1. The predicted molar refractivity (Wildman–Crippen MR) is 130 cm³/mol. The lowest BCUT2D eigenvalue weighted by Crippen LogP contribution is -2.27. The molecule has 0 aromatic heterocycles. The summed E-state index contributed by atoms with van der Waals surface area (Å²) in [6, 6.07) is 20.4. The van der Waals surface area contributed by atoms with Crippen molar-refractivity contribution in [2.24, 2.45) is 0 Å². The van der Waals surface area contributed by atoms with Gasteiger partial charge in [-0.15, -0.1) is 0 Å². The zero-order chi connectivity index (χ0) is 23.5. The lowest BCUT2D eigenvalue weighted by molar-refractivity contribution is 0.0940. The minimum absolute atomic E-state index is 0.0579. The molecule has 0 fully saturated rings. The van der Waals surface area contributed by atoms with Gasteiger partial charge in [-0.25, -0.2) is 8.42 Å². The standard InChI is InChI=1S/C25H27ClN2O3S/c1-17(18-10-12-19(13-11-18)25(2,3)4)27-24(29)22-15-14-20(16-23(22)26)28-32(30,31)21-8-6-5-7-9-21/h5-17,28H,1-4H3,(H,27,29). The van der Waals surface area contributed by atoms with Gasteiger partial charge in [-0.05, 0) is 53.8 Å². The number of hydrogen-bond acceptors (Lipinski definition) is 3. The molecule has 3 aromatic rings. The molecule has 0 bridgehead atoms. The van der Waals surface area contributed by atoms with Gasteiger partial charge in [0.25, 0.3) is 15.9 Å². The summed E-state index contributed by atoms with van der Waals surface area (Å²) in [7, 11) is -3.74. The van der Waals surface area contributed by atoms with E-state index in [9.17, 15) is 13.2 Å². The van der Waals surface area contributed by atoms with Gasteiger partial charge >= 0.3 is 0 Å². The van der Waals surface area contributed by atoms with Crippen LogP contribution >= 0.6 is 11.6 Å². The lowest BCUT2D eigenvalue weighted by atomic mass is 9.86. The molecule has 1 unspecified atom stereocenters. The molecule has 0 radical (unpaired) electrons. The number of benzene rings is 3. The van der Waals surface area contributed by atoms with E-state index in [4.69, 9.17) is 11.6 Å². The molecule has 168 valence electrons. The number of rotatable bonds is 6. The van der Waals surface area contributed by atoms with Crippen LogP contribution in [0.4, 0.5) is 5.69 Å². The van der Waals surface area contributed by atoms with Crippen LogP contribution in [0.1, 0.15) is 55.2 Å². The summed E-state index contributed by atoms with van der Waals surface area (Å²) in [5.74, 6) is -0.333. The maximum Gasteiger partial charge on any atom is 0.261 e. The minimum atomic E-state index is -3.74. The lowest BCUT2D eigenvalue weighted by Gasteiger charge is -2.21. The first kappa shape index (κ1) is 23.8. The second-order valence-electron chi connectivity index (χ2n) is 8.68. The molecule has 5 nitrogen and oxygen atoms in total. The van der Waals surface area contributed by atoms with E-state index in [2.05, 4.69) is 42.9 Å². The molecule has 1 atom stereocenters. The second kappa shape index (κ2) is 9.35. The van der Waals surface area contributed by atoms with E-state index in [1.54, 1.807) is 18.2 Å². The van der Waals surface area contributed by atoms with E-state index in [1.807, 2.05) is 19.1 Å². The van der Waals surface area contributed by atoms with Crippen LogP contribution in [0.3, 0.4) is 0 Å². The molecule has 0 aliphatic rings. The first-order valence-corrected chi connectivity index (χ1v) is 12.1. The van der Waals surface area contributed by atoms with Crippen molar-refractivity contribution >= 4 is 33.2 Å². The molecule has 1 amide bonds. The van der Waals surface area contributed by atoms with Crippen LogP contribution in [0.25, 0.3) is 0 Å². The van der Waals surface area contributed by atoms with Gasteiger partial charge in [-0.1, -0.05) is 74.8 Å². The van der Waals surface area contributed by atoms with Crippen molar-refractivity contribution < 1.29 is 13.2 Å². The highest BCUT2D eigenvalue weighted by molar-refractivity contribution is 7.92. The zero-order valence-electron chi connectivity index (χ0n) is 18.5. The quantitative estimate of drug-likeness (QED) is 0.468. The third-order valence-electron chi connectivity index (χ3n) is 5.14. The number of carbonyl (C=O) groups is 1. The first-order chi connectivity index (χ1) is 15.0. The van der Waals surface area contributed by atoms with E-state index < -0.39 is 10.0 Å². The zero-order valence-corrected chi connectivity index (χ0v) is 20.1. The SMILES string of the molecule is CC(NC(=O)c1ccc(NS(=O)(=O)c2ccccc2)cc1Cl)c1ccc(C(C)(C)C)cc1. The van der Waals surface area contributed by atoms with Crippen LogP contribution in [-0.4, -0.2) is 14.3 Å². The van der Waals surface area contributed by atoms with Gasteiger partial charge in [0, 0.05) is 0 Å². The van der Waals surface area contributed by atoms with Gasteiger partial charge in [0.15, 0.2) is 0 Å². The average molecular weight is 471 g/mol. The monoisotopic (exact) mass is 470 g/mol. The van der Waals surface area contributed by atoms with Gasteiger partial charge < -0.3 is 5.32 Å². The Morgan fingerprint density at radius 2 is 1.56 bits per heavy atom. The highest BCUT2D eigenvalue weighted by atomic mass is 35.5. The summed E-state index contributed by atoms with van der Waals surface area (Å²) in [6.45, 7) is 8.36. The molecule has 0 heterocycles. The van der Waals surface area contributed by atoms with Crippen molar-refractivity contribution in [3.05, 3.63) is 94.5 Å². The molecule has 0 spiro atoms. The van der Waals surface area contributed by atoms with Crippen LogP contribution < -0.4 is 10.0 Å². The van der Waals surface area contributed by atoms with Crippen molar-refractivity contribution in [2.75, 3.05) is 4.72 Å². The van der Waals surface area contributed by atoms with E-state index in [0.717, 1.165) is 5.56 Å². The fourth-order valence-electron chi connectivity index (χ4n) is 3.21. The van der Waals surface area contributed by atoms with Crippen molar-refractivity contribution in [2.45, 2.75) is 44.0 Å². The average Bonchev–Trinajstić information content (AvgIpc) is 2.73. The van der Waals surface area contributed by atoms with Crippen LogP contribution in [0.15, 0.2) is 77.7 Å². The van der Waals surface area contributed by atoms with E-state index in [-0.39, 0.29) is 38.5 Å². The molecular formula is C25H27ClN2O3S. The van der Waals surface area contributed by atoms with Crippen molar-refractivity contribution in [3.63, 3.8) is 0 Å². The summed E-state index contributed by atoms with van der Waals surface area (Å²) >= 11 is 6.30. The number of sulfonamides is 1. The van der Waals surface area contributed by atoms with E-state index >= 15 is 0 Å². The molecule has 0 saturated carbocycles. The predicted octanol–water partition coefficient (Wildman–Crippen LogP) is 5.93. The minimum Gasteiger partial charge on any atom is -0.345 e. The maximum absolute atomic E-state index is 12.8. The fraction of sp³-hybridized carbons (Fsp3) is 0.240. The Labute approximate surface area is 194 Å². The summed E-state index contributed by atoms with van der Waals surface area (Å²) in [4.78, 5) is 12.9. The molecule has 0 aliphatic carbocycles. The Bertz CT molecular complexity index is 1200. The number of halogens is 1. The molecule has 0 saturated heterocycles. The molecule has 3 rings (SSSR count). The highest BCUT2D eigenvalue weighted by Crippen LogP contribution is 2.26. The number of carbonyl (C=O) groups excluding carboxylic acids is 1. The van der Waals surface area contributed by atoms with Gasteiger partial charge in [0.2, 0.25) is 0 Å². The van der Waals surface area contributed by atoms with E-state index in [0.29, 0.717) is 0 Å². The number of hydrogen-bond donors (Lipinski definition) is 2. The molecule has 32 heavy (non-hydrogen) atoms. The molecular weight excluding hydrogens is 444 g/mol. The third-order valence-corrected chi connectivity index (χ3v) is 6.85. The van der Waals surface area contributed by atoms with Crippen molar-refractivity contribution in [1.82, 2.24) is 5.32 Å². The normalized spacial score (nSPS) is 12.8. The number of nitrogens with one attached hydrogen (secondary N) is 2. The first-order valence-electron chi connectivity index (χ1n) is 10.3. The number of anilines is 1. The Morgan fingerprint density at radius 1 is 0.938 bits per heavy atom. The second-order valence-corrected chi connectivity index (χ2v) is 10.8. The largest absolute Gasteiger partial charge is 0.345 e.